The Morgan fingerprint density at radius 1 is 1.11 bits per heavy atom. The van der Waals surface area contributed by atoms with Crippen molar-refractivity contribution in [3.8, 4) is 6.07 Å². The Morgan fingerprint density at radius 2 is 1.82 bits per heavy atom. The van der Waals surface area contributed by atoms with E-state index in [2.05, 4.69) is 10.6 Å². The van der Waals surface area contributed by atoms with Crippen molar-refractivity contribution in [3.05, 3.63) is 54.0 Å². The zero-order chi connectivity index (χ0) is 20.7. The molecule has 0 unspecified atom stereocenters. The number of esters is 1. The molecule has 1 heterocycles. The number of nitrogens with one attached hydrogen (secondary N) is 2. The molecule has 146 valence electrons. The average Bonchev–Trinajstić information content (AvgIpc) is 3.20. The number of para-hydroxylation sites is 1. The highest BCUT2D eigenvalue weighted by molar-refractivity contribution is 5.97. The molecule has 0 fully saturated rings. The molecule has 0 aliphatic heterocycles. The van der Waals surface area contributed by atoms with E-state index in [0.717, 1.165) is 0 Å². The van der Waals surface area contributed by atoms with Crippen LogP contribution < -0.4 is 10.6 Å². The molecule has 2 amide bonds. The number of hydrogen-bond donors (Lipinski definition) is 2. The standard InChI is InChI=1S/C20H21N3O5/c1-12(2)17(23-19(25)16-9-6-10-27-16)20(26)28-13(3)18(24)22-15-8-5-4-7-14(15)11-21/h4-10,12-13,17H,1-3H3,(H,22,24)(H,23,25)/t13-,17-/m0/s1. The summed E-state index contributed by atoms with van der Waals surface area (Å²) in [5.41, 5.74) is 0.615. The molecule has 0 aliphatic carbocycles. The number of amides is 2. The molecule has 0 radical (unpaired) electrons. The number of benzene rings is 1. The lowest BCUT2D eigenvalue weighted by Gasteiger charge is -2.22. The Hall–Kier alpha value is -3.60. The van der Waals surface area contributed by atoms with Crippen LogP contribution >= 0.6 is 0 Å². The number of hydrogen-bond acceptors (Lipinski definition) is 6. The largest absolute Gasteiger partial charge is 0.459 e. The lowest BCUT2D eigenvalue weighted by atomic mass is 10.0. The van der Waals surface area contributed by atoms with Crippen LogP contribution in [0, 0.1) is 17.2 Å². The van der Waals surface area contributed by atoms with Crippen molar-refractivity contribution in [1.29, 1.82) is 5.26 Å². The Balaban J connectivity index is 2.00. The molecule has 28 heavy (non-hydrogen) atoms. The maximum atomic E-state index is 12.5. The first kappa shape index (κ1) is 20.7. The summed E-state index contributed by atoms with van der Waals surface area (Å²) in [6, 6.07) is 10.5. The summed E-state index contributed by atoms with van der Waals surface area (Å²) in [6.07, 6.45) is 0.226. The second-order valence-corrected chi connectivity index (χ2v) is 6.40. The van der Waals surface area contributed by atoms with E-state index in [9.17, 15) is 14.4 Å². The number of anilines is 1. The Bertz CT molecular complexity index is 883. The molecule has 2 atom stereocenters. The average molecular weight is 383 g/mol. The van der Waals surface area contributed by atoms with Gasteiger partial charge in [0.15, 0.2) is 11.9 Å². The minimum atomic E-state index is -1.12. The topological polar surface area (TPSA) is 121 Å². The fourth-order valence-electron chi connectivity index (χ4n) is 2.34. The molecule has 8 heteroatoms. The molecular formula is C20H21N3O5. The monoisotopic (exact) mass is 383 g/mol. The second kappa shape index (κ2) is 9.37. The van der Waals surface area contributed by atoms with E-state index >= 15 is 0 Å². The minimum absolute atomic E-state index is 0.0670. The number of rotatable bonds is 7. The van der Waals surface area contributed by atoms with Crippen molar-refractivity contribution in [1.82, 2.24) is 5.32 Å². The lowest BCUT2D eigenvalue weighted by molar-refractivity contribution is -0.156. The van der Waals surface area contributed by atoms with Gasteiger partial charge in [0.25, 0.3) is 11.8 Å². The highest BCUT2D eigenvalue weighted by Crippen LogP contribution is 2.15. The van der Waals surface area contributed by atoms with Gasteiger partial charge in [0.1, 0.15) is 12.1 Å². The van der Waals surface area contributed by atoms with Crippen LogP contribution in [0.25, 0.3) is 0 Å². The van der Waals surface area contributed by atoms with Crippen molar-refractivity contribution in [2.45, 2.75) is 32.9 Å². The van der Waals surface area contributed by atoms with Gasteiger partial charge in [-0.1, -0.05) is 26.0 Å². The summed E-state index contributed by atoms with van der Waals surface area (Å²) in [5, 5.41) is 14.2. The third-order valence-electron chi connectivity index (χ3n) is 3.92. The van der Waals surface area contributed by atoms with Crippen LogP contribution in [0.2, 0.25) is 0 Å². The van der Waals surface area contributed by atoms with Gasteiger partial charge in [-0.15, -0.1) is 0 Å². The van der Waals surface area contributed by atoms with Crippen molar-refractivity contribution in [2.75, 3.05) is 5.32 Å². The van der Waals surface area contributed by atoms with Gasteiger partial charge in [0.05, 0.1) is 17.5 Å². The zero-order valence-electron chi connectivity index (χ0n) is 15.8. The summed E-state index contributed by atoms with van der Waals surface area (Å²) in [7, 11) is 0. The normalized spacial score (nSPS) is 12.5. The third kappa shape index (κ3) is 5.20. The molecule has 1 aromatic heterocycles. The highest BCUT2D eigenvalue weighted by Gasteiger charge is 2.30. The summed E-state index contributed by atoms with van der Waals surface area (Å²) in [6.45, 7) is 4.89. The number of nitriles is 1. The van der Waals surface area contributed by atoms with E-state index in [4.69, 9.17) is 14.4 Å². The number of carbonyl (C=O) groups excluding carboxylic acids is 3. The molecule has 2 rings (SSSR count). The smallest absolute Gasteiger partial charge is 0.329 e. The summed E-state index contributed by atoms with van der Waals surface area (Å²) in [4.78, 5) is 36.9. The van der Waals surface area contributed by atoms with E-state index in [1.807, 2.05) is 6.07 Å². The van der Waals surface area contributed by atoms with E-state index in [1.54, 1.807) is 44.2 Å². The van der Waals surface area contributed by atoms with Gasteiger partial charge in [-0.05, 0) is 37.1 Å². The Kier molecular flexibility index (Phi) is 6.93. The molecule has 8 nitrogen and oxygen atoms in total. The minimum Gasteiger partial charge on any atom is -0.459 e. The van der Waals surface area contributed by atoms with Gasteiger partial charge in [0, 0.05) is 0 Å². The fourth-order valence-corrected chi connectivity index (χ4v) is 2.34. The van der Waals surface area contributed by atoms with E-state index < -0.39 is 29.9 Å². The third-order valence-corrected chi connectivity index (χ3v) is 3.92. The number of nitrogens with zero attached hydrogens (tertiary/aromatic N) is 1. The van der Waals surface area contributed by atoms with E-state index in [-0.39, 0.29) is 11.7 Å². The Labute approximate surface area is 162 Å². The quantitative estimate of drug-likeness (QED) is 0.709. The molecule has 0 saturated heterocycles. The van der Waals surface area contributed by atoms with Gasteiger partial charge in [-0.25, -0.2) is 4.79 Å². The SMILES string of the molecule is CC(C)[C@H](NC(=O)c1ccco1)C(=O)O[C@@H](C)C(=O)Nc1ccccc1C#N. The van der Waals surface area contributed by atoms with Crippen LogP contribution in [0.3, 0.4) is 0 Å². The maximum Gasteiger partial charge on any atom is 0.329 e. The Morgan fingerprint density at radius 3 is 2.43 bits per heavy atom. The second-order valence-electron chi connectivity index (χ2n) is 6.40. The van der Waals surface area contributed by atoms with Gasteiger partial charge >= 0.3 is 5.97 Å². The van der Waals surface area contributed by atoms with Crippen LogP contribution in [0.4, 0.5) is 5.69 Å². The van der Waals surface area contributed by atoms with Crippen LogP contribution in [0.5, 0.6) is 0 Å². The summed E-state index contributed by atoms with van der Waals surface area (Å²) >= 11 is 0. The van der Waals surface area contributed by atoms with Crippen molar-refractivity contribution >= 4 is 23.5 Å². The number of ether oxygens (including phenoxy) is 1. The predicted molar refractivity (Wildman–Crippen MR) is 100 cm³/mol. The van der Waals surface area contributed by atoms with E-state index in [1.165, 1.54) is 19.3 Å². The first-order chi connectivity index (χ1) is 13.3. The molecule has 0 bridgehead atoms. The number of carbonyl (C=O) groups is 3. The van der Waals surface area contributed by atoms with Gasteiger partial charge < -0.3 is 19.8 Å². The molecule has 0 spiro atoms. The van der Waals surface area contributed by atoms with Crippen molar-refractivity contribution in [3.63, 3.8) is 0 Å². The summed E-state index contributed by atoms with van der Waals surface area (Å²) in [5.74, 6) is -2.10. The molecule has 0 saturated carbocycles. The molecule has 2 aromatic rings. The van der Waals surface area contributed by atoms with Crippen molar-refractivity contribution in [2.24, 2.45) is 5.92 Å². The van der Waals surface area contributed by atoms with E-state index in [0.29, 0.717) is 11.3 Å². The van der Waals surface area contributed by atoms with Crippen molar-refractivity contribution < 1.29 is 23.5 Å². The highest BCUT2D eigenvalue weighted by atomic mass is 16.5. The fraction of sp³-hybridized carbons (Fsp3) is 0.300. The number of furan rings is 1. The van der Waals surface area contributed by atoms with Crippen LogP contribution in [-0.2, 0) is 14.3 Å². The molecule has 0 aliphatic rings. The van der Waals surface area contributed by atoms with Gasteiger partial charge in [0.2, 0.25) is 0 Å². The van der Waals surface area contributed by atoms with Crippen LogP contribution in [-0.4, -0.2) is 29.9 Å². The maximum absolute atomic E-state index is 12.5. The zero-order valence-corrected chi connectivity index (χ0v) is 15.8. The first-order valence-electron chi connectivity index (χ1n) is 8.68. The lowest BCUT2D eigenvalue weighted by Crippen LogP contribution is -2.47. The van der Waals surface area contributed by atoms with Gasteiger partial charge in [-0.3, -0.25) is 9.59 Å². The van der Waals surface area contributed by atoms with Crippen LogP contribution in [0.1, 0.15) is 36.9 Å². The molecular weight excluding hydrogens is 362 g/mol. The molecule has 1 aromatic carbocycles. The molecule has 2 N–H and O–H groups in total. The van der Waals surface area contributed by atoms with Crippen LogP contribution in [0.15, 0.2) is 47.1 Å². The predicted octanol–water partition coefficient (Wildman–Crippen LogP) is 2.48. The van der Waals surface area contributed by atoms with Gasteiger partial charge in [-0.2, -0.15) is 5.26 Å². The first-order valence-corrected chi connectivity index (χ1v) is 8.68. The summed E-state index contributed by atoms with van der Waals surface area (Å²) < 4.78 is 10.2.